The summed E-state index contributed by atoms with van der Waals surface area (Å²) in [6.07, 6.45) is 1.08. The lowest BCUT2D eigenvalue weighted by atomic mass is 10.0. The van der Waals surface area contributed by atoms with Gasteiger partial charge in [-0.1, -0.05) is 29.8 Å². The zero-order valence-electron chi connectivity index (χ0n) is 8.40. The molecule has 4 heteroatoms. The normalized spacial score (nSPS) is 16.4. The standard InChI is InChI=1S/C11H12O3S/c1-8-6-7-11(15(12,13)14)10-5-3-2-4-9(8)10/h2-5H,6-7H2,1H3,(H,12,13,14). The summed E-state index contributed by atoms with van der Waals surface area (Å²) in [5.74, 6) is 0. The van der Waals surface area contributed by atoms with Crippen LogP contribution in [0.1, 0.15) is 19.8 Å². The molecule has 0 unspecified atom stereocenters. The zero-order valence-corrected chi connectivity index (χ0v) is 9.21. The zero-order chi connectivity index (χ0) is 11.1. The van der Waals surface area contributed by atoms with E-state index in [1.165, 1.54) is 0 Å². The Bertz CT molecular complexity index is 611. The number of fused-ring (bicyclic) bond motifs is 1. The van der Waals surface area contributed by atoms with Gasteiger partial charge >= 0.3 is 0 Å². The van der Waals surface area contributed by atoms with Gasteiger partial charge < -0.3 is 0 Å². The van der Waals surface area contributed by atoms with Crippen LogP contribution in [-0.2, 0) is 10.1 Å². The summed E-state index contributed by atoms with van der Waals surface area (Å²) in [5.41, 5.74) is 1.16. The van der Waals surface area contributed by atoms with E-state index in [1.54, 1.807) is 12.1 Å². The molecule has 3 nitrogen and oxygen atoms in total. The highest BCUT2D eigenvalue weighted by molar-refractivity contribution is 7.95. The first-order chi connectivity index (χ1) is 7.00. The first-order valence-electron chi connectivity index (χ1n) is 4.75. The Kier molecular flexibility index (Phi) is 2.40. The Morgan fingerprint density at radius 3 is 2.33 bits per heavy atom. The van der Waals surface area contributed by atoms with E-state index in [0.29, 0.717) is 18.1 Å². The smallest absolute Gasteiger partial charge is 0.282 e. The molecule has 0 fully saturated rings. The molecular weight excluding hydrogens is 212 g/mol. The van der Waals surface area contributed by atoms with Crippen molar-refractivity contribution < 1.29 is 13.0 Å². The molecule has 15 heavy (non-hydrogen) atoms. The van der Waals surface area contributed by atoms with Gasteiger partial charge in [0.2, 0.25) is 0 Å². The fraction of sp³-hybridized carbons (Fsp3) is 0.273. The Labute approximate surface area is 88.5 Å². The molecule has 80 valence electrons. The van der Waals surface area contributed by atoms with Crippen molar-refractivity contribution in [1.29, 1.82) is 0 Å². The summed E-state index contributed by atoms with van der Waals surface area (Å²) in [7, 11) is -4.06. The first-order valence-corrected chi connectivity index (χ1v) is 6.19. The second-order valence-electron chi connectivity index (χ2n) is 3.72. The van der Waals surface area contributed by atoms with Crippen LogP contribution in [-0.4, -0.2) is 13.0 Å². The molecule has 1 aromatic rings. The van der Waals surface area contributed by atoms with Crippen molar-refractivity contribution in [2.24, 2.45) is 0 Å². The van der Waals surface area contributed by atoms with E-state index in [2.05, 4.69) is 0 Å². The van der Waals surface area contributed by atoms with E-state index in [4.69, 9.17) is 4.55 Å². The SMILES string of the molecule is CC1=c2ccccc2=C(S(=O)(=O)O)CC1. The van der Waals surface area contributed by atoms with E-state index in [0.717, 1.165) is 10.8 Å². The van der Waals surface area contributed by atoms with Crippen molar-refractivity contribution in [3.8, 4) is 0 Å². The Balaban J connectivity index is 2.99. The van der Waals surface area contributed by atoms with Gasteiger partial charge in [0, 0.05) is 0 Å². The number of hydrogen-bond donors (Lipinski definition) is 1. The first kappa shape index (κ1) is 10.4. The molecular formula is C11H12O3S. The van der Waals surface area contributed by atoms with Gasteiger partial charge in [-0.2, -0.15) is 8.42 Å². The molecule has 0 atom stereocenters. The minimum Gasteiger partial charge on any atom is -0.282 e. The van der Waals surface area contributed by atoms with Crippen molar-refractivity contribution in [2.75, 3.05) is 0 Å². The Morgan fingerprint density at radius 1 is 1.13 bits per heavy atom. The monoisotopic (exact) mass is 224 g/mol. The van der Waals surface area contributed by atoms with Crippen molar-refractivity contribution in [3.05, 3.63) is 34.7 Å². The van der Waals surface area contributed by atoms with E-state index in [1.807, 2.05) is 19.1 Å². The number of benzene rings is 1. The second kappa shape index (κ2) is 3.47. The van der Waals surface area contributed by atoms with Crippen LogP contribution in [0.3, 0.4) is 0 Å². The largest absolute Gasteiger partial charge is 0.291 e. The number of hydrogen-bond acceptors (Lipinski definition) is 2. The van der Waals surface area contributed by atoms with E-state index in [-0.39, 0.29) is 4.91 Å². The molecule has 0 amide bonds. The van der Waals surface area contributed by atoms with E-state index < -0.39 is 10.1 Å². The third kappa shape index (κ3) is 1.82. The highest BCUT2D eigenvalue weighted by Crippen LogP contribution is 2.17. The third-order valence-electron chi connectivity index (χ3n) is 2.73. The second-order valence-corrected chi connectivity index (χ2v) is 5.17. The van der Waals surface area contributed by atoms with Crippen LogP contribution in [0, 0.1) is 0 Å². The molecule has 2 rings (SSSR count). The van der Waals surface area contributed by atoms with Crippen molar-refractivity contribution >= 4 is 20.6 Å². The van der Waals surface area contributed by atoms with Gasteiger partial charge in [-0.15, -0.1) is 0 Å². The minimum absolute atomic E-state index is 0.142. The van der Waals surface area contributed by atoms with E-state index >= 15 is 0 Å². The van der Waals surface area contributed by atoms with Crippen molar-refractivity contribution in [2.45, 2.75) is 19.8 Å². The van der Waals surface area contributed by atoms with Crippen LogP contribution >= 0.6 is 0 Å². The lowest BCUT2D eigenvalue weighted by Gasteiger charge is -2.11. The molecule has 0 bridgehead atoms. The molecule has 1 aliphatic carbocycles. The number of rotatable bonds is 1. The minimum atomic E-state index is -4.06. The molecule has 0 aromatic heterocycles. The van der Waals surface area contributed by atoms with Crippen molar-refractivity contribution in [1.82, 2.24) is 0 Å². The molecule has 1 aromatic carbocycles. The lowest BCUT2D eigenvalue weighted by molar-refractivity contribution is 0.494. The average molecular weight is 224 g/mol. The van der Waals surface area contributed by atoms with Gasteiger partial charge in [0.05, 0.1) is 4.91 Å². The van der Waals surface area contributed by atoms with Crippen LogP contribution in [0.15, 0.2) is 24.3 Å². The summed E-state index contributed by atoms with van der Waals surface area (Å²) >= 11 is 0. The molecule has 1 aliphatic rings. The topological polar surface area (TPSA) is 54.4 Å². The summed E-state index contributed by atoms with van der Waals surface area (Å²) in [4.78, 5) is 0.142. The Morgan fingerprint density at radius 2 is 1.73 bits per heavy atom. The van der Waals surface area contributed by atoms with Gasteiger partial charge in [0.1, 0.15) is 0 Å². The predicted octanol–water partition coefficient (Wildman–Crippen LogP) is 0.647. The van der Waals surface area contributed by atoms with Crippen LogP contribution in [0.2, 0.25) is 0 Å². The Hall–Kier alpha value is -1.13. The summed E-state index contributed by atoms with van der Waals surface area (Å²) in [6.45, 7) is 1.99. The molecule has 0 radical (unpaired) electrons. The highest BCUT2D eigenvalue weighted by Gasteiger charge is 2.18. The average Bonchev–Trinajstić information content (AvgIpc) is 2.17. The highest BCUT2D eigenvalue weighted by atomic mass is 32.2. The molecule has 0 heterocycles. The summed E-state index contributed by atoms with van der Waals surface area (Å²) in [5, 5.41) is 1.57. The van der Waals surface area contributed by atoms with Crippen LogP contribution < -0.4 is 10.4 Å². The summed E-state index contributed by atoms with van der Waals surface area (Å²) < 4.78 is 31.4. The molecule has 0 spiro atoms. The van der Waals surface area contributed by atoms with Gasteiger partial charge in [-0.3, -0.25) is 4.55 Å². The lowest BCUT2D eigenvalue weighted by Crippen LogP contribution is -2.33. The maximum absolute atomic E-state index is 11.2. The van der Waals surface area contributed by atoms with Gasteiger partial charge in [0.15, 0.2) is 0 Å². The maximum Gasteiger partial charge on any atom is 0.291 e. The van der Waals surface area contributed by atoms with Gasteiger partial charge in [0.25, 0.3) is 10.1 Å². The fourth-order valence-electron chi connectivity index (χ4n) is 1.94. The molecule has 0 saturated heterocycles. The third-order valence-corrected chi connectivity index (χ3v) is 3.77. The molecule has 0 aliphatic heterocycles. The molecule has 0 saturated carbocycles. The van der Waals surface area contributed by atoms with Gasteiger partial charge in [-0.25, -0.2) is 0 Å². The van der Waals surface area contributed by atoms with Crippen molar-refractivity contribution in [3.63, 3.8) is 0 Å². The molecule has 1 N–H and O–H groups in total. The van der Waals surface area contributed by atoms with Crippen LogP contribution in [0.5, 0.6) is 0 Å². The quantitative estimate of drug-likeness (QED) is 0.712. The fourth-order valence-corrected chi connectivity index (χ4v) is 2.75. The van der Waals surface area contributed by atoms with Gasteiger partial charge in [-0.05, 0) is 30.2 Å². The van der Waals surface area contributed by atoms with Crippen LogP contribution in [0.4, 0.5) is 0 Å². The van der Waals surface area contributed by atoms with E-state index in [9.17, 15) is 8.42 Å². The van der Waals surface area contributed by atoms with Crippen LogP contribution in [0.25, 0.3) is 10.5 Å². The predicted molar refractivity (Wildman–Crippen MR) is 59.0 cm³/mol. The maximum atomic E-state index is 11.2. The summed E-state index contributed by atoms with van der Waals surface area (Å²) in [6, 6.07) is 7.27.